The van der Waals surface area contributed by atoms with Crippen molar-refractivity contribution in [3.63, 3.8) is 0 Å². The van der Waals surface area contributed by atoms with Gasteiger partial charge in [-0.15, -0.1) is 0 Å². The summed E-state index contributed by atoms with van der Waals surface area (Å²) in [5.74, 6) is -0.561. The molecule has 1 rings (SSSR count). The fourth-order valence-corrected chi connectivity index (χ4v) is 1.31. The second-order valence-corrected chi connectivity index (χ2v) is 3.40. The van der Waals surface area contributed by atoms with E-state index in [0.717, 1.165) is 5.57 Å². The van der Waals surface area contributed by atoms with Crippen LogP contribution in [-0.4, -0.2) is 35.0 Å². The standard InChI is InChI=1S/C10H14O4/c1-6(2)5-8-9(12)7(3-4-11)10(13)14-8/h3,5,8-9,11-12H,4H2,1-2H3/b7-3-/t8-,9+/m1/s1. The number of aliphatic hydroxyl groups is 2. The highest BCUT2D eigenvalue weighted by atomic mass is 16.6. The number of aliphatic hydroxyl groups excluding tert-OH is 2. The van der Waals surface area contributed by atoms with Crippen molar-refractivity contribution >= 4 is 5.97 Å². The molecule has 1 aliphatic rings. The smallest absolute Gasteiger partial charge is 0.337 e. The minimum absolute atomic E-state index is 0.134. The van der Waals surface area contributed by atoms with Gasteiger partial charge in [0.25, 0.3) is 0 Å². The second-order valence-electron chi connectivity index (χ2n) is 3.40. The fraction of sp³-hybridized carbons (Fsp3) is 0.500. The van der Waals surface area contributed by atoms with Crippen molar-refractivity contribution < 1.29 is 19.7 Å². The minimum atomic E-state index is -0.968. The number of allylic oxidation sites excluding steroid dienone is 1. The molecule has 2 atom stereocenters. The summed E-state index contributed by atoms with van der Waals surface area (Å²) in [6.07, 6.45) is 1.36. The molecule has 4 heteroatoms. The first-order valence-electron chi connectivity index (χ1n) is 4.41. The van der Waals surface area contributed by atoms with Gasteiger partial charge in [-0.1, -0.05) is 5.57 Å². The Balaban J connectivity index is 2.84. The Hall–Kier alpha value is -1.13. The number of carbonyl (C=O) groups is 1. The van der Waals surface area contributed by atoms with Crippen LogP contribution in [-0.2, 0) is 9.53 Å². The first kappa shape index (κ1) is 10.9. The van der Waals surface area contributed by atoms with Gasteiger partial charge in [-0.3, -0.25) is 0 Å². The van der Waals surface area contributed by atoms with Gasteiger partial charge in [0, 0.05) is 0 Å². The van der Waals surface area contributed by atoms with Crippen LogP contribution >= 0.6 is 0 Å². The predicted octanol–water partition coefficient (Wildman–Crippen LogP) is 0.158. The third-order valence-electron chi connectivity index (χ3n) is 1.92. The zero-order valence-corrected chi connectivity index (χ0v) is 8.23. The van der Waals surface area contributed by atoms with Crippen molar-refractivity contribution in [2.75, 3.05) is 6.61 Å². The van der Waals surface area contributed by atoms with Gasteiger partial charge in [0.15, 0.2) is 6.10 Å². The Morgan fingerprint density at radius 1 is 1.57 bits per heavy atom. The van der Waals surface area contributed by atoms with Crippen molar-refractivity contribution in [2.45, 2.75) is 26.1 Å². The van der Waals surface area contributed by atoms with Crippen molar-refractivity contribution in [2.24, 2.45) is 0 Å². The van der Waals surface area contributed by atoms with Gasteiger partial charge in [0.05, 0.1) is 12.2 Å². The molecule has 0 aliphatic carbocycles. The van der Waals surface area contributed by atoms with Crippen molar-refractivity contribution in [1.82, 2.24) is 0 Å². The number of cyclic esters (lactones) is 1. The second kappa shape index (κ2) is 4.39. The van der Waals surface area contributed by atoms with Crippen molar-refractivity contribution in [3.05, 3.63) is 23.3 Å². The van der Waals surface area contributed by atoms with Gasteiger partial charge in [0.1, 0.15) is 6.10 Å². The number of ether oxygens (including phenoxy) is 1. The Labute approximate surface area is 82.5 Å². The summed E-state index contributed by atoms with van der Waals surface area (Å²) >= 11 is 0. The molecule has 0 radical (unpaired) electrons. The van der Waals surface area contributed by atoms with E-state index in [2.05, 4.69) is 0 Å². The highest BCUT2D eigenvalue weighted by Crippen LogP contribution is 2.22. The van der Waals surface area contributed by atoms with E-state index < -0.39 is 18.2 Å². The van der Waals surface area contributed by atoms with Crippen LogP contribution in [0.5, 0.6) is 0 Å². The lowest BCUT2D eigenvalue weighted by Gasteiger charge is -2.07. The SMILES string of the molecule is CC(C)=C[C@H]1OC(=O)/C(=C\CO)[C@@H]1O. The van der Waals surface area contributed by atoms with Crippen LogP contribution in [0.1, 0.15) is 13.8 Å². The van der Waals surface area contributed by atoms with Crippen molar-refractivity contribution in [3.8, 4) is 0 Å². The van der Waals surface area contributed by atoms with E-state index >= 15 is 0 Å². The Kier molecular flexibility index (Phi) is 3.43. The van der Waals surface area contributed by atoms with Crippen LogP contribution < -0.4 is 0 Å². The summed E-state index contributed by atoms with van der Waals surface area (Å²) in [7, 11) is 0. The summed E-state index contributed by atoms with van der Waals surface area (Å²) in [4.78, 5) is 11.2. The molecule has 0 spiro atoms. The maximum Gasteiger partial charge on any atom is 0.337 e. The van der Waals surface area contributed by atoms with E-state index in [1.54, 1.807) is 6.08 Å². The van der Waals surface area contributed by atoms with Crippen LogP contribution in [0.15, 0.2) is 23.3 Å². The molecule has 0 aromatic heterocycles. The molecule has 14 heavy (non-hydrogen) atoms. The summed E-state index contributed by atoms with van der Waals surface area (Å²) in [6, 6.07) is 0. The van der Waals surface area contributed by atoms with Crippen LogP contribution in [0.2, 0.25) is 0 Å². The van der Waals surface area contributed by atoms with E-state index in [4.69, 9.17) is 9.84 Å². The van der Waals surface area contributed by atoms with E-state index in [1.807, 2.05) is 13.8 Å². The number of carbonyl (C=O) groups excluding carboxylic acids is 1. The maximum atomic E-state index is 11.2. The first-order chi connectivity index (χ1) is 6.56. The third-order valence-corrected chi connectivity index (χ3v) is 1.92. The molecular formula is C10H14O4. The molecule has 4 nitrogen and oxygen atoms in total. The molecule has 78 valence electrons. The quantitative estimate of drug-likeness (QED) is 0.377. The highest BCUT2D eigenvalue weighted by Gasteiger charge is 2.36. The summed E-state index contributed by atoms with van der Waals surface area (Å²) in [5.41, 5.74) is 1.10. The zero-order chi connectivity index (χ0) is 10.7. The van der Waals surface area contributed by atoms with Gasteiger partial charge < -0.3 is 14.9 Å². The summed E-state index contributed by atoms with van der Waals surface area (Å²) in [6.45, 7) is 3.44. The summed E-state index contributed by atoms with van der Waals surface area (Å²) < 4.78 is 4.90. The van der Waals surface area contributed by atoms with E-state index in [1.165, 1.54) is 6.08 Å². The van der Waals surface area contributed by atoms with Gasteiger partial charge >= 0.3 is 5.97 Å². The molecule has 0 unspecified atom stereocenters. The number of esters is 1. The predicted molar refractivity (Wildman–Crippen MR) is 50.5 cm³/mol. The minimum Gasteiger partial charge on any atom is -0.452 e. The molecular weight excluding hydrogens is 184 g/mol. The normalized spacial score (nSPS) is 29.1. The third kappa shape index (κ3) is 2.21. The van der Waals surface area contributed by atoms with Crippen LogP contribution in [0.25, 0.3) is 0 Å². The van der Waals surface area contributed by atoms with Crippen molar-refractivity contribution in [1.29, 1.82) is 0 Å². The first-order valence-corrected chi connectivity index (χ1v) is 4.41. The van der Waals surface area contributed by atoms with E-state index in [-0.39, 0.29) is 12.2 Å². The lowest BCUT2D eigenvalue weighted by molar-refractivity contribution is -0.137. The number of hydrogen-bond acceptors (Lipinski definition) is 4. The van der Waals surface area contributed by atoms with Crippen LogP contribution in [0, 0.1) is 0 Å². The number of hydrogen-bond donors (Lipinski definition) is 2. The fourth-order valence-electron chi connectivity index (χ4n) is 1.31. The topological polar surface area (TPSA) is 66.8 Å². The Bertz CT molecular complexity index is 286. The number of rotatable bonds is 2. The molecule has 1 aliphatic heterocycles. The zero-order valence-electron chi connectivity index (χ0n) is 8.23. The highest BCUT2D eigenvalue weighted by molar-refractivity contribution is 5.92. The molecule has 0 aromatic carbocycles. The van der Waals surface area contributed by atoms with Gasteiger partial charge in [0.2, 0.25) is 0 Å². The summed E-state index contributed by atoms with van der Waals surface area (Å²) in [5, 5.41) is 18.2. The van der Waals surface area contributed by atoms with Crippen LogP contribution in [0.4, 0.5) is 0 Å². The lowest BCUT2D eigenvalue weighted by atomic mass is 10.1. The molecule has 0 bridgehead atoms. The van der Waals surface area contributed by atoms with Gasteiger partial charge in [-0.05, 0) is 26.0 Å². The molecule has 1 fully saturated rings. The van der Waals surface area contributed by atoms with E-state index in [0.29, 0.717) is 0 Å². The average molecular weight is 198 g/mol. The van der Waals surface area contributed by atoms with E-state index in [9.17, 15) is 9.90 Å². The molecule has 0 amide bonds. The molecule has 0 aromatic rings. The molecule has 1 saturated heterocycles. The van der Waals surface area contributed by atoms with Gasteiger partial charge in [-0.2, -0.15) is 0 Å². The average Bonchev–Trinajstić information content (AvgIpc) is 2.32. The molecule has 2 N–H and O–H groups in total. The Morgan fingerprint density at radius 3 is 2.71 bits per heavy atom. The lowest BCUT2D eigenvalue weighted by Crippen LogP contribution is -2.19. The Morgan fingerprint density at radius 2 is 2.21 bits per heavy atom. The van der Waals surface area contributed by atoms with Gasteiger partial charge in [-0.25, -0.2) is 4.79 Å². The molecule has 0 saturated carbocycles. The van der Waals surface area contributed by atoms with Crippen LogP contribution in [0.3, 0.4) is 0 Å². The monoisotopic (exact) mass is 198 g/mol. The maximum absolute atomic E-state index is 11.2. The largest absolute Gasteiger partial charge is 0.452 e. The molecule has 1 heterocycles.